The van der Waals surface area contributed by atoms with Gasteiger partial charge in [-0.05, 0) is 30.9 Å². The third-order valence-corrected chi connectivity index (χ3v) is 4.63. The van der Waals surface area contributed by atoms with E-state index in [1.807, 2.05) is 6.07 Å². The molecule has 2 unspecified atom stereocenters. The monoisotopic (exact) mass is 265 g/mol. The molecule has 0 radical (unpaired) electrons. The third-order valence-electron chi connectivity index (χ3n) is 3.32. The van der Waals surface area contributed by atoms with Gasteiger partial charge in [-0.3, -0.25) is 0 Å². The summed E-state index contributed by atoms with van der Waals surface area (Å²) in [4.78, 5) is 4.36. The van der Waals surface area contributed by atoms with Crippen LogP contribution in [-0.2, 0) is 0 Å². The van der Waals surface area contributed by atoms with Gasteiger partial charge in [-0.15, -0.1) is 11.8 Å². The summed E-state index contributed by atoms with van der Waals surface area (Å²) >= 11 is 1.76. The molecule has 0 aliphatic heterocycles. The van der Waals surface area contributed by atoms with E-state index in [0.29, 0.717) is 5.25 Å². The number of rotatable bonds is 3. The number of hydrogen-bond donors (Lipinski definition) is 2. The highest BCUT2D eigenvalue weighted by Crippen LogP contribution is 2.36. The average Bonchev–Trinajstić information content (AvgIpc) is 2.38. The Balaban J connectivity index is 2.13. The van der Waals surface area contributed by atoms with Crippen LogP contribution in [-0.4, -0.2) is 21.3 Å². The van der Waals surface area contributed by atoms with Crippen molar-refractivity contribution in [2.45, 2.75) is 42.9 Å². The van der Waals surface area contributed by atoms with Crippen molar-refractivity contribution in [3.63, 3.8) is 0 Å². The van der Waals surface area contributed by atoms with Crippen LogP contribution in [0.25, 0.3) is 0 Å². The maximum Gasteiger partial charge on any atom is 0.172 e. The molecule has 1 fully saturated rings. The quantitative estimate of drug-likeness (QED) is 0.381. The highest BCUT2D eigenvalue weighted by atomic mass is 32.2. The molecule has 3 N–H and O–H groups in total. The molecule has 1 aliphatic rings. The number of pyridine rings is 1. The molecule has 0 spiro atoms. The normalized spacial score (nSPS) is 25.1. The van der Waals surface area contributed by atoms with Crippen LogP contribution in [0.4, 0.5) is 0 Å². The molecule has 0 amide bonds. The largest absolute Gasteiger partial charge is 0.409 e. The van der Waals surface area contributed by atoms with Crippen molar-refractivity contribution in [2.75, 3.05) is 0 Å². The van der Waals surface area contributed by atoms with Crippen LogP contribution in [0.5, 0.6) is 0 Å². The molecule has 0 aromatic carbocycles. The second-order valence-electron chi connectivity index (χ2n) is 4.85. The second-order valence-corrected chi connectivity index (χ2v) is 6.14. The Morgan fingerprint density at radius 1 is 1.56 bits per heavy atom. The van der Waals surface area contributed by atoms with E-state index in [-0.39, 0.29) is 5.84 Å². The van der Waals surface area contributed by atoms with E-state index in [0.717, 1.165) is 16.5 Å². The molecule has 1 saturated carbocycles. The zero-order valence-electron chi connectivity index (χ0n) is 10.5. The summed E-state index contributed by atoms with van der Waals surface area (Å²) in [7, 11) is 0. The first-order valence-corrected chi connectivity index (χ1v) is 7.18. The number of nitrogens with zero attached hydrogens (tertiary/aromatic N) is 2. The summed E-state index contributed by atoms with van der Waals surface area (Å²) in [6, 6.07) is 3.65. The van der Waals surface area contributed by atoms with Crippen LogP contribution in [0, 0.1) is 5.92 Å². The van der Waals surface area contributed by atoms with Gasteiger partial charge in [0, 0.05) is 11.4 Å². The highest BCUT2D eigenvalue weighted by molar-refractivity contribution is 7.99. The molecule has 0 saturated heterocycles. The topological polar surface area (TPSA) is 71.5 Å². The molecule has 1 aliphatic carbocycles. The van der Waals surface area contributed by atoms with Gasteiger partial charge in [0.15, 0.2) is 5.84 Å². The van der Waals surface area contributed by atoms with E-state index in [9.17, 15) is 0 Å². The molecule has 5 heteroatoms. The number of oxime groups is 1. The molecule has 2 atom stereocenters. The van der Waals surface area contributed by atoms with Gasteiger partial charge >= 0.3 is 0 Å². The number of hydrogen-bond acceptors (Lipinski definition) is 4. The Kier molecular flexibility index (Phi) is 4.47. The zero-order valence-corrected chi connectivity index (χ0v) is 11.4. The van der Waals surface area contributed by atoms with E-state index in [2.05, 4.69) is 17.1 Å². The summed E-state index contributed by atoms with van der Waals surface area (Å²) in [5, 5.41) is 13.3. The van der Waals surface area contributed by atoms with Crippen LogP contribution < -0.4 is 5.73 Å². The van der Waals surface area contributed by atoms with Crippen LogP contribution >= 0.6 is 11.8 Å². The zero-order chi connectivity index (χ0) is 13.0. The number of aromatic nitrogens is 1. The molecular formula is C13H19N3OS. The maximum atomic E-state index is 8.79. The summed E-state index contributed by atoms with van der Waals surface area (Å²) in [5.41, 5.74) is 6.40. The molecule has 0 bridgehead atoms. The van der Waals surface area contributed by atoms with Gasteiger partial charge in [0.2, 0.25) is 0 Å². The van der Waals surface area contributed by atoms with E-state index in [4.69, 9.17) is 10.9 Å². The molecule has 2 rings (SSSR count). The van der Waals surface area contributed by atoms with Crippen molar-refractivity contribution in [1.29, 1.82) is 0 Å². The average molecular weight is 265 g/mol. The minimum Gasteiger partial charge on any atom is -0.409 e. The van der Waals surface area contributed by atoms with E-state index >= 15 is 0 Å². The molecule has 98 valence electrons. The van der Waals surface area contributed by atoms with Crippen LogP contribution in [0.15, 0.2) is 28.5 Å². The predicted molar refractivity (Wildman–Crippen MR) is 74.0 cm³/mol. The first-order valence-electron chi connectivity index (χ1n) is 6.30. The second kappa shape index (κ2) is 6.09. The van der Waals surface area contributed by atoms with Crippen LogP contribution in [0.2, 0.25) is 0 Å². The SMILES string of the molecule is CC1CCCC(Sc2ncccc2C(N)=NO)C1. The van der Waals surface area contributed by atoms with E-state index in [1.165, 1.54) is 25.7 Å². The Morgan fingerprint density at radius 2 is 2.39 bits per heavy atom. The van der Waals surface area contributed by atoms with Gasteiger partial charge in [-0.25, -0.2) is 4.98 Å². The number of amidine groups is 1. The van der Waals surface area contributed by atoms with Gasteiger partial charge in [0.1, 0.15) is 5.03 Å². The van der Waals surface area contributed by atoms with Gasteiger partial charge in [0.25, 0.3) is 0 Å². The number of nitrogens with two attached hydrogens (primary N) is 1. The standard InChI is InChI=1S/C13H19N3OS/c1-9-4-2-5-10(8-9)18-13-11(12(14)16-17)6-3-7-15-13/h3,6-7,9-10,17H,2,4-5,8H2,1H3,(H2,14,16). The van der Waals surface area contributed by atoms with E-state index < -0.39 is 0 Å². The first kappa shape index (κ1) is 13.2. The lowest BCUT2D eigenvalue weighted by Crippen LogP contribution is -2.18. The molecule has 1 heterocycles. The lowest BCUT2D eigenvalue weighted by molar-refractivity contribution is 0.318. The van der Waals surface area contributed by atoms with Crippen molar-refractivity contribution >= 4 is 17.6 Å². The first-order chi connectivity index (χ1) is 8.70. The van der Waals surface area contributed by atoms with Crippen molar-refractivity contribution in [3.05, 3.63) is 23.9 Å². The van der Waals surface area contributed by atoms with Crippen molar-refractivity contribution in [2.24, 2.45) is 16.8 Å². The molecule has 18 heavy (non-hydrogen) atoms. The molecular weight excluding hydrogens is 246 g/mol. The minimum atomic E-state index is 0.134. The fourth-order valence-electron chi connectivity index (χ4n) is 2.38. The maximum absolute atomic E-state index is 8.79. The Morgan fingerprint density at radius 3 is 3.11 bits per heavy atom. The Hall–Kier alpha value is -1.23. The van der Waals surface area contributed by atoms with Crippen LogP contribution in [0.3, 0.4) is 0 Å². The fourth-order valence-corrected chi connectivity index (χ4v) is 3.82. The van der Waals surface area contributed by atoms with Crippen molar-refractivity contribution in [1.82, 2.24) is 4.98 Å². The minimum absolute atomic E-state index is 0.134. The molecule has 4 nitrogen and oxygen atoms in total. The third kappa shape index (κ3) is 3.16. The van der Waals surface area contributed by atoms with Gasteiger partial charge in [-0.1, -0.05) is 24.9 Å². The summed E-state index contributed by atoms with van der Waals surface area (Å²) in [6.07, 6.45) is 6.80. The Labute approximate surface area is 112 Å². The van der Waals surface area contributed by atoms with Crippen LogP contribution in [0.1, 0.15) is 38.2 Å². The Bertz CT molecular complexity index is 436. The van der Waals surface area contributed by atoms with Crippen molar-refractivity contribution < 1.29 is 5.21 Å². The van der Waals surface area contributed by atoms with E-state index in [1.54, 1.807) is 24.0 Å². The lowest BCUT2D eigenvalue weighted by Gasteiger charge is -2.26. The van der Waals surface area contributed by atoms with Gasteiger partial charge in [-0.2, -0.15) is 0 Å². The molecule has 1 aromatic heterocycles. The number of thioether (sulfide) groups is 1. The van der Waals surface area contributed by atoms with Crippen molar-refractivity contribution in [3.8, 4) is 0 Å². The van der Waals surface area contributed by atoms with Gasteiger partial charge < -0.3 is 10.9 Å². The van der Waals surface area contributed by atoms with Gasteiger partial charge in [0.05, 0.1) is 5.56 Å². The highest BCUT2D eigenvalue weighted by Gasteiger charge is 2.21. The summed E-state index contributed by atoms with van der Waals surface area (Å²) in [5.74, 6) is 0.918. The predicted octanol–water partition coefficient (Wildman–Crippen LogP) is 2.85. The lowest BCUT2D eigenvalue weighted by atomic mass is 9.91. The summed E-state index contributed by atoms with van der Waals surface area (Å²) in [6.45, 7) is 2.30. The molecule has 1 aromatic rings. The summed E-state index contributed by atoms with van der Waals surface area (Å²) < 4.78 is 0. The fraction of sp³-hybridized carbons (Fsp3) is 0.538. The smallest absolute Gasteiger partial charge is 0.172 e.